The molecule has 4 aromatic carbocycles. The average molecular weight is 429 g/mol. The molecule has 2 aliphatic rings. The highest BCUT2D eigenvalue weighted by Gasteiger charge is 2.43. The first-order valence-corrected chi connectivity index (χ1v) is 11.2. The Labute approximate surface area is 193 Å². The molecule has 33 heavy (non-hydrogen) atoms. The topological polar surface area (TPSA) is 48.5 Å². The molecule has 1 atom stereocenters. The van der Waals surface area contributed by atoms with Crippen molar-refractivity contribution in [3.8, 4) is 0 Å². The molecule has 0 bridgehead atoms. The van der Waals surface area contributed by atoms with E-state index in [-0.39, 0.29) is 0 Å². The van der Waals surface area contributed by atoms with E-state index in [0.717, 1.165) is 45.4 Å². The summed E-state index contributed by atoms with van der Waals surface area (Å²) in [4.78, 5) is 5.09. The maximum Gasteiger partial charge on any atom is 0.104 e. The van der Waals surface area contributed by atoms with Crippen LogP contribution in [0, 0.1) is 0 Å². The van der Waals surface area contributed by atoms with Gasteiger partial charge in [-0.2, -0.15) is 0 Å². The molecule has 0 radical (unpaired) electrons. The van der Waals surface area contributed by atoms with Crippen LogP contribution in [0.4, 0.5) is 22.7 Å². The summed E-state index contributed by atoms with van der Waals surface area (Å²) in [5.41, 5.74) is 8.97. The van der Waals surface area contributed by atoms with Gasteiger partial charge in [-0.15, -0.1) is 0 Å². The van der Waals surface area contributed by atoms with Crippen molar-refractivity contribution in [1.82, 2.24) is 0 Å². The van der Waals surface area contributed by atoms with Crippen molar-refractivity contribution in [2.75, 3.05) is 16.0 Å². The molecule has 4 heteroatoms. The molecule has 0 amide bonds. The summed E-state index contributed by atoms with van der Waals surface area (Å²) in [7, 11) is 0. The van der Waals surface area contributed by atoms with E-state index < -0.39 is 5.54 Å². The van der Waals surface area contributed by atoms with Crippen molar-refractivity contribution < 1.29 is 0 Å². The third-order valence-corrected chi connectivity index (χ3v) is 6.32. The zero-order chi connectivity index (χ0) is 22.3. The number of benzene rings is 4. The van der Waals surface area contributed by atoms with Gasteiger partial charge >= 0.3 is 0 Å². The number of hydrogen-bond acceptors (Lipinski definition) is 4. The van der Waals surface area contributed by atoms with Gasteiger partial charge in [0.1, 0.15) is 5.54 Å². The lowest BCUT2D eigenvalue weighted by Gasteiger charge is -2.30. The van der Waals surface area contributed by atoms with Gasteiger partial charge < -0.3 is 16.0 Å². The number of fused-ring (bicyclic) bond motifs is 2. The van der Waals surface area contributed by atoms with Gasteiger partial charge in [0.2, 0.25) is 0 Å². The van der Waals surface area contributed by atoms with Crippen molar-refractivity contribution >= 4 is 28.5 Å². The van der Waals surface area contributed by atoms with Crippen LogP contribution < -0.4 is 16.0 Å². The molecule has 2 heterocycles. The van der Waals surface area contributed by atoms with Crippen LogP contribution in [0.3, 0.4) is 0 Å². The largest absolute Gasteiger partial charge is 0.370 e. The van der Waals surface area contributed by atoms with E-state index in [1.54, 1.807) is 0 Å². The highest BCUT2D eigenvalue weighted by Crippen LogP contribution is 2.47. The van der Waals surface area contributed by atoms with Crippen LogP contribution in [0.25, 0.3) is 0 Å². The predicted octanol–water partition coefficient (Wildman–Crippen LogP) is 6.90. The lowest BCUT2D eigenvalue weighted by atomic mass is 9.89. The van der Waals surface area contributed by atoms with Crippen molar-refractivity contribution in [2.45, 2.75) is 12.5 Å². The van der Waals surface area contributed by atoms with Crippen LogP contribution in [0.15, 0.2) is 126 Å². The summed E-state index contributed by atoms with van der Waals surface area (Å²) in [6.07, 6.45) is 0. The molecule has 0 aromatic heterocycles. The Hall–Kier alpha value is -4.31. The fourth-order valence-corrected chi connectivity index (χ4v) is 4.73. The Balaban J connectivity index is 1.57. The average Bonchev–Trinajstić information content (AvgIpc) is 3.35. The van der Waals surface area contributed by atoms with E-state index in [4.69, 9.17) is 4.99 Å². The van der Waals surface area contributed by atoms with E-state index in [0.29, 0.717) is 0 Å². The molecule has 6 rings (SSSR count). The lowest BCUT2D eigenvalue weighted by molar-refractivity contribution is 0.670. The van der Waals surface area contributed by atoms with Gasteiger partial charge in [0, 0.05) is 28.2 Å². The molecule has 4 aromatic rings. The fraction of sp³-hybridized carbons (Fsp3) is 0.0690. The standard InChI is InChI=1S/C29H24N4/c1-29(33-21-14-6-3-7-15-21)23-17-9-11-19-25(23)32-28(29)27-26(30-20-12-4-2-5-13-20)22-16-8-10-18-24(22)31-27/h2-19,31-33H,1H3/b28-27+,30-26+. The number of anilines is 3. The van der Waals surface area contributed by atoms with Gasteiger partial charge in [0.05, 0.1) is 22.8 Å². The quantitative estimate of drug-likeness (QED) is 0.333. The molecule has 0 saturated heterocycles. The molecule has 1 unspecified atom stereocenters. The van der Waals surface area contributed by atoms with Crippen LogP contribution in [-0.4, -0.2) is 5.71 Å². The predicted molar refractivity (Wildman–Crippen MR) is 137 cm³/mol. The molecule has 160 valence electrons. The molecular formula is C29H24N4. The summed E-state index contributed by atoms with van der Waals surface area (Å²) in [6, 6.07) is 37.3. The molecule has 0 aliphatic carbocycles. The summed E-state index contributed by atoms with van der Waals surface area (Å²) in [6.45, 7) is 2.23. The second kappa shape index (κ2) is 7.68. The second-order valence-electron chi connectivity index (χ2n) is 8.50. The Morgan fingerprint density at radius 3 is 2.09 bits per heavy atom. The number of nitrogens with one attached hydrogen (secondary N) is 3. The van der Waals surface area contributed by atoms with E-state index >= 15 is 0 Å². The monoisotopic (exact) mass is 428 g/mol. The van der Waals surface area contributed by atoms with E-state index in [2.05, 4.69) is 95.7 Å². The highest BCUT2D eigenvalue weighted by molar-refractivity contribution is 6.23. The van der Waals surface area contributed by atoms with Gasteiger partial charge in [-0.25, -0.2) is 4.99 Å². The number of rotatable bonds is 3. The number of aliphatic imine (C=N–C) groups is 1. The van der Waals surface area contributed by atoms with Crippen molar-refractivity contribution in [2.24, 2.45) is 4.99 Å². The van der Waals surface area contributed by atoms with Gasteiger partial charge in [-0.05, 0) is 43.3 Å². The smallest absolute Gasteiger partial charge is 0.104 e. The lowest BCUT2D eigenvalue weighted by Crippen LogP contribution is -2.34. The first-order chi connectivity index (χ1) is 16.2. The summed E-state index contributed by atoms with van der Waals surface area (Å²) >= 11 is 0. The maximum absolute atomic E-state index is 5.09. The third kappa shape index (κ3) is 3.28. The maximum atomic E-state index is 5.09. The van der Waals surface area contributed by atoms with Crippen LogP contribution in [0.5, 0.6) is 0 Å². The second-order valence-corrected chi connectivity index (χ2v) is 8.50. The minimum atomic E-state index is -0.472. The minimum Gasteiger partial charge on any atom is -0.370 e. The van der Waals surface area contributed by atoms with Crippen molar-refractivity contribution in [3.05, 3.63) is 132 Å². The molecule has 0 spiro atoms. The number of allylic oxidation sites excluding steroid dienone is 1. The van der Waals surface area contributed by atoms with Gasteiger partial charge in [0.25, 0.3) is 0 Å². The normalized spacial score (nSPS) is 21.8. The van der Waals surface area contributed by atoms with Crippen LogP contribution in [-0.2, 0) is 5.54 Å². The molecule has 4 nitrogen and oxygen atoms in total. The Kier molecular flexibility index (Phi) is 4.51. The summed E-state index contributed by atoms with van der Waals surface area (Å²) in [5, 5.41) is 11.2. The van der Waals surface area contributed by atoms with Gasteiger partial charge in [-0.1, -0.05) is 72.8 Å². The minimum absolute atomic E-state index is 0.472. The first-order valence-electron chi connectivity index (χ1n) is 11.2. The van der Waals surface area contributed by atoms with Crippen molar-refractivity contribution in [3.63, 3.8) is 0 Å². The number of hydrogen-bond donors (Lipinski definition) is 3. The Bertz CT molecular complexity index is 1390. The number of nitrogens with zero attached hydrogens (tertiary/aromatic N) is 1. The summed E-state index contributed by atoms with van der Waals surface area (Å²) < 4.78 is 0. The molecule has 2 aliphatic heterocycles. The zero-order valence-corrected chi connectivity index (χ0v) is 18.3. The fourth-order valence-electron chi connectivity index (χ4n) is 4.73. The summed E-state index contributed by atoms with van der Waals surface area (Å²) in [5.74, 6) is 0. The van der Waals surface area contributed by atoms with E-state index in [1.807, 2.05) is 36.4 Å². The Morgan fingerprint density at radius 1 is 0.667 bits per heavy atom. The SMILES string of the molecule is CC1(Nc2ccccc2)/C(=C2\Nc3ccccc3\C2=N/c2ccccc2)Nc2ccccc21. The first kappa shape index (κ1) is 19.4. The van der Waals surface area contributed by atoms with Gasteiger partial charge in [-0.3, -0.25) is 0 Å². The van der Waals surface area contributed by atoms with Gasteiger partial charge in [0.15, 0.2) is 0 Å². The molecule has 0 saturated carbocycles. The van der Waals surface area contributed by atoms with Crippen LogP contribution in [0.2, 0.25) is 0 Å². The van der Waals surface area contributed by atoms with Crippen LogP contribution in [0.1, 0.15) is 18.1 Å². The number of para-hydroxylation sites is 4. The van der Waals surface area contributed by atoms with E-state index in [9.17, 15) is 0 Å². The third-order valence-electron chi connectivity index (χ3n) is 6.32. The Morgan fingerprint density at radius 2 is 1.30 bits per heavy atom. The van der Waals surface area contributed by atoms with Crippen molar-refractivity contribution in [1.29, 1.82) is 0 Å². The molecule has 3 N–H and O–H groups in total. The zero-order valence-electron chi connectivity index (χ0n) is 18.3. The van der Waals surface area contributed by atoms with Crippen LogP contribution >= 0.6 is 0 Å². The van der Waals surface area contributed by atoms with E-state index in [1.165, 1.54) is 5.56 Å². The molecule has 0 fully saturated rings. The highest BCUT2D eigenvalue weighted by atomic mass is 15.1. The molecular weight excluding hydrogens is 404 g/mol.